The number of amides is 1. The van der Waals surface area contributed by atoms with Crippen molar-refractivity contribution in [1.82, 2.24) is 0 Å². The first-order chi connectivity index (χ1) is 11.6. The Labute approximate surface area is 150 Å². The predicted molar refractivity (Wildman–Crippen MR) is 99.1 cm³/mol. The van der Waals surface area contributed by atoms with Crippen molar-refractivity contribution < 1.29 is 4.79 Å². The van der Waals surface area contributed by atoms with E-state index in [9.17, 15) is 4.79 Å². The summed E-state index contributed by atoms with van der Waals surface area (Å²) in [6.07, 6.45) is 0.886. The van der Waals surface area contributed by atoms with Crippen LogP contribution in [0, 0.1) is 0 Å². The van der Waals surface area contributed by atoms with E-state index in [2.05, 4.69) is 29.6 Å². The fraction of sp³-hybridized carbons (Fsp3) is 0.0500. The molecule has 24 heavy (non-hydrogen) atoms. The van der Waals surface area contributed by atoms with Gasteiger partial charge in [-0.25, -0.2) is 0 Å². The van der Waals surface area contributed by atoms with Gasteiger partial charge in [0.05, 0.1) is 10.6 Å². The minimum Gasteiger partial charge on any atom is -0.322 e. The molecule has 1 aliphatic carbocycles. The van der Waals surface area contributed by atoms with E-state index in [-0.39, 0.29) is 5.91 Å². The van der Waals surface area contributed by atoms with Crippen LogP contribution in [0.5, 0.6) is 0 Å². The summed E-state index contributed by atoms with van der Waals surface area (Å²) >= 11 is 12.0. The van der Waals surface area contributed by atoms with E-state index in [4.69, 9.17) is 23.2 Å². The summed E-state index contributed by atoms with van der Waals surface area (Å²) in [4.78, 5) is 12.4. The van der Waals surface area contributed by atoms with Gasteiger partial charge in [-0.2, -0.15) is 0 Å². The van der Waals surface area contributed by atoms with Crippen molar-refractivity contribution in [2.24, 2.45) is 0 Å². The van der Waals surface area contributed by atoms with Crippen LogP contribution in [0.3, 0.4) is 0 Å². The number of anilines is 1. The Kier molecular flexibility index (Phi) is 3.79. The fourth-order valence-corrected chi connectivity index (χ4v) is 3.59. The van der Waals surface area contributed by atoms with Crippen LogP contribution in [-0.2, 0) is 6.42 Å². The zero-order valence-corrected chi connectivity index (χ0v) is 14.2. The number of halogens is 2. The lowest BCUT2D eigenvalue weighted by Crippen LogP contribution is -2.12. The highest BCUT2D eigenvalue weighted by Gasteiger charge is 2.18. The maximum atomic E-state index is 12.4. The third kappa shape index (κ3) is 2.68. The van der Waals surface area contributed by atoms with E-state index in [1.54, 1.807) is 18.2 Å². The van der Waals surface area contributed by atoms with Crippen molar-refractivity contribution in [1.29, 1.82) is 0 Å². The summed E-state index contributed by atoms with van der Waals surface area (Å²) in [5.41, 5.74) is 6.20. The summed E-state index contributed by atoms with van der Waals surface area (Å²) in [5, 5.41) is 3.76. The van der Waals surface area contributed by atoms with Crippen molar-refractivity contribution in [2.75, 3.05) is 5.32 Å². The third-order valence-corrected chi connectivity index (χ3v) is 4.78. The molecule has 118 valence electrons. The molecule has 0 saturated carbocycles. The lowest BCUT2D eigenvalue weighted by Gasteiger charge is -2.09. The van der Waals surface area contributed by atoms with Crippen molar-refractivity contribution in [2.45, 2.75) is 6.42 Å². The number of hydrogen-bond acceptors (Lipinski definition) is 1. The molecule has 0 aliphatic heterocycles. The lowest BCUT2D eigenvalue weighted by atomic mass is 10.1. The van der Waals surface area contributed by atoms with Crippen molar-refractivity contribution in [3.8, 4) is 11.1 Å². The van der Waals surface area contributed by atoms with Crippen LogP contribution in [0.4, 0.5) is 5.69 Å². The van der Waals surface area contributed by atoms with E-state index in [1.165, 1.54) is 22.3 Å². The molecule has 0 heterocycles. The first kappa shape index (κ1) is 15.3. The summed E-state index contributed by atoms with van der Waals surface area (Å²) < 4.78 is 0. The molecule has 0 fully saturated rings. The van der Waals surface area contributed by atoms with Crippen molar-refractivity contribution in [3.05, 3.63) is 87.4 Å². The van der Waals surface area contributed by atoms with Gasteiger partial charge in [0.1, 0.15) is 0 Å². The molecule has 0 aromatic heterocycles. The number of nitrogens with one attached hydrogen (secondary N) is 1. The summed E-state index contributed by atoms with van der Waals surface area (Å²) in [6, 6.07) is 19.2. The van der Waals surface area contributed by atoms with Gasteiger partial charge >= 0.3 is 0 Å². The normalized spacial score (nSPS) is 11.8. The highest BCUT2D eigenvalue weighted by atomic mass is 35.5. The smallest absolute Gasteiger partial charge is 0.257 e. The summed E-state index contributed by atoms with van der Waals surface area (Å²) in [7, 11) is 0. The minimum atomic E-state index is -0.243. The maximum absolute atomic E-state index is 12.4. The van der Waals surface area contributed by atoms with Crippen molar-refractivity contribution >= 4 is 34.8 Å². The molecule has 3 aromatic rings. The largest absolute Gasteiger partial charge is 0.322 e. The van der Waals surface area contributed by atoms with Crippen molar-refractivity contribution in [3.63, 3.8) is 0 Å². The van der Waals surface area contributed by atoms with Gasteiger partial charge in [-0.05, 0) is 59.0 Å². The molecule has 3 aromatic carbocycles. The van der Waals surface area contributed by atoms with Gasteiger partial charge in [-0.3, -0.25) is 4.79 Å². The Morgan fingerprint density at radius 3 is 2.50 bits per heavy atom. The summed E-state index contributed by atoms with van der Waals surface area (Å²) in [6.45, 7) is 0. The number of benzene rings is 3. The number of fused-ring (bicyclic) bond motifs is 3. The second kappa shape index (κ2) is 5.97. The van der Waals surface area contributed by atoms with Crippen LogP contribution in [0.15, 0.2) is 60.7 Å². The monoisotopic (exact) mass is 353 g/mol. The average molecular weight is 354 g/mol. The SMILES string of the molecule is O=C(Nc1ccc2c(c1)Cc1ccccc1-2)c1ccc(Cl)cc1Cl. The van der Waals surface area contributed by atoms with Gasteiger partial charge in [0, 0.05) is 10.7 Å². The van der Waals surface area contributed by atoms with Gasteiger partial charge in [0.2, 0.25) is 0 Å². The van der Waals surface area contributed by atoms with Gasteiger partial charge < -0.3 is 5.32 Å². The van der Waals surface area contributed by atoms with E-state index >= 15 is 0 Å². The molecule has 0 unspecified atom stereocenters. The molecule has 4 heteroatoms. The summed E-state index contributed by atoms with van der Waals surface area (Å²) in [5.74, 6) is -0.243. The molecule has 0 spiro atoms. The molecule has 2 nitrogen and oxygen atoms in total. The Balaban J connectivity index is 1.61. The fourth-order valence-electron chi connectivity index (χ4n) is 3.09. The molecule has 0 bridgehead atoms. The predicted octanol–water partition coefficient (Wildman–Crippen LogP) is 5.82. The highest BCUT2D eigenvalue weighted by molar-refractivity contribution is 6.37. The molecular formula is C20H13Cl2NO. The number of carbonyl (C=O) groups is 1. The maximum Gasteiger partial charge on any atom is 0.257 e. The zero-order valence-electron chi connectivity index (χ0n) is 12.6. The van der Waals surface area contributed by atoms with E-state index in [0.29, 0.717) is 15.6 Å². The molecule has 4 rings (SSSR count). The number of hydrogen-bond donors (Lipinski definition) is 1. The van der Waals surface area contributed by atoms with Crippen LogP contribution < -0.4 is 5.32 Å². The Hall–Kier alpha value is -2.29. The first-order valence-corrected chi connectivity index (χ1v) is 8.35. The zero-order chi connectivity index (χ0) is 16.7. The topological polar surface area (TPSA) is 29.1 Å². The van der Waals surface area contributed by atoms with Crippen LogP contribution in [0.1, 0.15) is 21.5 Å². The minimum absolute atomic E-state index is 0.243. The second-order valence-electron chi connectivity index (χ2n) is 5.78. The average Bonchev–Trinajstić information content (AvgIpc) is 2.92. The third-order valence-electron chi connectivity index (χ3n) is 4.23. The second-order valence-corrected chi connectivity index (χ2v) is 6.63. The lowest BCUT2D eigenvalue weighted by molar-refractivity contribution is 0.102. The number of rotatable bonds is 2. The standard InChI is InChI=1S/C20H13Cl2NO/c21-14-5-7-18(19(22)11-14)20(24)23-15-6-8-17-13(10-15)9-12-3-1-2-4-16(12)17/h1-8,10-11H,9H2,(H,23,24). The highest BCUT2D eigenvalue weighted by Crippen LogP contribution is 2.37. The molecule has 0 atom stereocenters. The van der Waals surface area contributed by atoms with Gasteiger partial charge in [0.25, 0.3) is 5.91 Å². The Morgan fingerprint density at radius 2 is 1.67 bits per heavy atom. The van der Waals surface area contributed by atoms with E-state index in [0.717, 1.165) is 12.1 Å². The molecule has 1 amide bonds. The molecule has 0 saturated heterocycles. The quantitative estimate of drug-likeness (QED) is 0.483. The van der Waals surface area contributed by atoms with E-state index in [1.807, 2.05) is 18.2 Å². The Bertz CT molecular complexity index is 966. The van der Waals surface area contributed by atoms with E-state index < -0.39 is 0 Å². The van der Waals surface area contributed by atoms with Crippen LogP contribution >= 0.6 is 23.2 Å². The van der Waals surface area contributed by atoms with Gasteiger partial charge in [0.15, 0.2) is 0 Å². The number of carbonyl (C=O) groups excluding carboxylic acids is 1. The molecule has 1 N–H and O–H groups in total. The van der Waals surface area contributed by atoms with Gasteiger partial charge in [-0.1, -0.05) is 53.5 Å². The molecule has 1 aliphatic rings. The molecular weight excluding hydrogens is 341 g/mol. The Morgan fingerprint density at radius 1 is 0.875 bits per heavy atom. The van der Waals surface area contributed by atoms with Crippen LogP contribution in [0.2, 0.25) is 10.0 Å². The van der Waals surface area contributed by atoms with Crippen LogP contribution in [-0.4, -0.2) is 5.91 Å². The van der Waals surface area contributed by atoms with Gasteiger partial charge in [-0.15, -0.1) is 0 Å². The van der Waals surface area contributed by atoms with Crippen LogP contribution in [0.25, 0.3) is 11.1 Å². The molecule has 0 radical (unpaired) electrons. The first-order valence-electron chi connectivity index (χ1n) is 7.59.